The topological polar surface area (TPSA) is 52.6 Å². The van der Waals surface area contributed by atoms with Gasteiger partial charge >= 0.3 is 6.03 Å². The molecule has 3 saturated carbocycles. The van der Waals surface area contributed by atoms with Crippen LogP contribution in [0.2, 0.25) is 0 Å². The summed E-state index contributed by atoms with van der Waals surface area (Å²) in [4.78, 5) is 13.9. The Morgan fingerprint density at radius 1 is 1.30 bits per heavy atom. The summed E-state index contributed by atoms with van der Waals surface area (Å²) in [6.07, 6.45) is 8.37. The quantitative estimate of drug-likeness (QED) is 0.756. The molecule has 0 aliphatic heterocycles. The van der Waals surface area contributed by atoms with E-state index in [9.17, 15) is 4.79 Å². The van der Waals surface area contributed by atoms with Gasteiger partial charge in [0.1, 0.15) is 0 Å². The molecule has 0 aromatic carbocycles. The van der Waals surface area contributed by atoms with Crippen LogP contribution in [-0.4, -0.2) is 41.8 Å². The highest BCUT2D eigenvalue weighted by atomic mass is 16.3. The lowest BCUT2D eigenvalue weighted by Gasteiger charge is -2.33. The predicted molar refractivity (Wildman–Crippen MR) is 78.2 cm³/mol. The van der Waals surface area contributed by atoms with E-state index in [1.807, 2.05) is 0 Å². The molecule has 2 amide bonds. The Balaban J connectivity index is 1.58. The van der Waals surface area contributed by atoms with E-state index in [-0.39, 0.29) is 12.6 Å². The summed E-state index contributed by atoms with van der Waals surface area (Å²) in [5, 5.41) is 12.3. The van der Waals surface area contributed by atoms with E-state index in [1.165, 1.54) is 32.1 Å². The molecule has 2 bridgehead atoms. The van der Waals surface area contributed by atoms with Crippen LogP contribution < -0.4 is 5.32 Å². The lowest BCUT2D eigenvalue weighted by Crippen LogP contribution is -2.49. The molecule has 0 spiro atoms. The Bertz CT molecular complexity index is 385. The second-order valence-electron chi connectivity index (χ2n) is 6.67. The van der Waals surface area contributed by atoms with Crippen LogP contribution in [0, 0.1) is 23.7 Å². The van der Waals surface area contributed by atoms with Gasteiger partial charge in [-0.1, -0.05) is 12.5 Å². The van der Waals surface area contributed by atoms with E-state index in [0.717, 1.165) is 17.8 Å². The Morgan fingerprint density at radius 3 is 2.85 bits per heavy atom. The first-order valence-electron chi connectivity index (χ1n) is 8.01. The third kappa shape index (κ3) is 2.34. The zero-order valence-corrected chi connectivity index (χ0v) is 12.1. The van der Waals surface area contributed by atoms with E-state index in [2.05, 4.69) is 11.9 Å². The molecule has 5 unspecified atom stereocenters. The average molecular weight is 278 g/mol. The molecule has 3 aliphatic carbocycles. The van der Waals surface area contributed by atoms with Gasteiger partial charge in [0, 0.05) is 19.1 Å². The monoisotopic (exact) mass is 278 g/mol. The maximum absolute atomic E-state index is 12.3. The molecule has 112 valence electrons. The maximum Gasteiger partial charge on any atom is 0.317 e. The molecule has 0 radical (unpaired) electrons. The summed E-state index contributed by atoms with van der Waals surface area (Å²) in [5.41, 5.74) is 0. The molecule has 0 aromatic rings. The highest BCUT2D eigenvalue weighted by Crippen LogP contribution is 2.58. The van der Waals surface area contributed by atoms with Crippen LogP contribution in [0.15, 0.2) is 12.7 Å². The average Bonchev–Trinajstić information content (AvgIpc) is 3.10. The summed E-state index contributed by atoms with van der Waals surface area (Å²) >= 11 is 0. The summed E-state index contributed by atoms with van der Waals surface area (Å²) in [5.74, 6) is 3.37. The summed E-state index contributed by atoms with van der Waals surface area (Å²) < 4.78 is 0. The van der Waals surface area contributed by atoms with E-state index in [0.29, 0.717) is 25.0 Å². The van der Waals surface area contributed by atoms with Crippen molar-refractivity contribution in [3.8, 4) is 0 Å². The van der Waals surface area contributed by atoms with Gasteiger partial charge in [0.05, 0.1) is 6.61 Å². The van der Waals surface area contributed by atoms with Crippen molar-refractivity contribution in [3.63, 3.8) is 0 Å². The summed E-state index contributed by atoms with van der Waals surface area (Å²) in [6.45, 7) is 4.56. The van der Waals surface area contributed by atoms with Crippen molar-refractivity contribution in [2.24, 2.45) is 23.7 Å². The van der Waals surface area contributed by atoms with Crippen LogP contribution in [-0.2, 0) is 0 Å². The molecule has 3 rings (SSSR count). The fraction of sp³-hybridized carbons (Fsp3) is 0.812. The fourth-order valence-corrected chi connectivity index (χ4v) is 5.04. The van der Waals surface area contributed by atoms with Crippen molar-refractivity contribution in [2.75, 3.05) is 19.7 Å². The largest absolute Gasteiger partial charge is 0.395 e. The molecule has 4 nitrogen and oxygen atoms in total. The van der Waals surface area contributed by atoms with Crippen LogP contribution >= 0.6 is 0 Å². The lowest BCUT2D eigenvalue weighted by molar-refractivity contribution is 0.164. The van der Waals surface area contributed by atoms with Crippen LogP contribution in [0.1, 0.15) is 32.1 Å². The predicted octanol–water partition coefficient (Wildman–Crippen LogP) is 2.00. The highest BCUT2D eigenvalue weighted by Gasteiger charge is 2.54. The van der Waals surface area contributed by atoms with Crippen LogP contribution in [0.4, 0.5) is 4.79 Å². The van der Waals surface area contributed by atoms with Crippen LogP contribution in [0.3, 0.4) is 0 Å². The van der Waals surface area contributed by atoms with Gasteiger partial charge in [0.2, 0.25) is 0 Å². The minimum absolute atomic E-state index is 0.00266. The Labute approximate surface area is 121 Å². The molecule has 4 heteroatoms. The van der Waals surface area contributed by atoms with E-state index in [4.69, 9.17) is 5.11 Å². The SMILES string of the molecule is C=CCN(CCO)C(=O)NC1CC2CC1C1CCCC21. The van der Waals surface area contributed by atoms with Gasteiger partial charge in [-0.05, 0) is 49.4 Å². The number of hydrogen-bond acceptors (Lipinski definition) is 2. The van der Waals surface area contributed by atoms with Crippen molar-refractivity contribution in [3.05, 3.63) is 12.7 Å². The molecular formula is C16H26N2O2. The second kappa shape index (κ2) is 5.76. The Morgan fingerprint density at radius 2 is 2.10 bits per heavy atom. The first-order chi connectivity index (χ1) is 9.74. The molecule has 0 saturated heterocycles. The molecule has 3 fully saturated rings. The number of amides is 2. The van der Waals surface area contributed by atoms with Crippen molar-refractivity contribution >= 4 is 6.03 Å². The van der Waals surface area contributed by atoms with Gasteiger partial charge in [-0.2, -0.15) is 0 Å². The van der Waals surface area contributed by atoms with E-state index in [1.54, 1.807) is 11.0 Å². The number of carbonyl (C=O) groups is 1. The molecule has 2 N–H and O–H groups in total. The van der Waals surface area contributed by atoms with Gasteiger partial charge in [0.25, 0.3) is 0 Å². The zero-order valence-electron chi connectivity index (χ0n) is 12.1. The molecule has 0 aromatic heterocycles. The lowest BCUT2D eigenvalue weighted by atomic mass is 9.79. The van der Waals surface area contributed by atoms with Crippen molar-refractivity contribution in [2.45, 2.75) is 38.1 Å². The van der Waals surface area contributed by atoms with Crippen molar-refractivity contribution in [1.82, 2.24) is 10.2 Å². The van der Waals surface area contributed by atoms with Gasteiger partial charge in [0.15, 0.2) is 0 Å². The maximum atomic E-state index is 12.3. The van der Waals surface area contributed by atoms with Crippen molar-refractivity contribution in [1.29, 1.82) is 0 Å². The van der Waals surface area contributed by atoms with Gasteiger partial charge < -0.3 is 15.3 Å². The van der Waals surface area contributed by atoms with Crippen LogP contribution in [0.25, 0.3) is 0 Å². The minimum Gasteiger partial charge on any atom is -0.395 e. The van der Waals surface area contributed by atoms with Gasteiger partial charge in [-0.3, -0.25) is 0 Å². The number of urea groups is 1. The standard InChI is InChI=1S/C16H26N2O2/c1-2-6-18(7-8-19)16(20)17-15-10-11-9-14(15)13-5-3-4-12(11)13/h2,11-15,19H,1,3-10H2,(H,17,20). The second-order valence-corrected chi connectivity index (χ2v) is 6.67. The first-order valence-corrected chi connectivity index (χ1v) is 8.01. The minimum atomic E-state index is -0.0361. The summed E-state index contributed by atoms with van der Waals surface area (Å²) in [7, 11) is 0. The fourth-order valence-electron chi connectivity index (χ4n) is 5.04. The number of fused-ring (bicyclic) bond motifs is 5. The number of nitrogens with zero attached hydrogens (tertiary/aromatic N) is 1. The molecule has 5 atom stereocenters. The zero-order chi connectivity index (χ0) is 14.1. The number of hydrogen-bond donors (Lipinski definition) is 2. The molecular weight excluding hydrogens is 252 g/mol. The molecule has 20 heavy (non-hydrogen) atoms. The molecule has 0 heterocycles. The van der Waals surface area contributed by atoms with Gasteiger partial charge in [-0.25, -0.2) is 4.79 Å². The third-order valence-electron chi connectivity index (χ3n) is 5.74. The normalized spacial score (nSPS) is 37.8. The van der Waals surface area contributed by atoms with E-state index < -0.39 is 0 Å². The van der Waals surface area contributed by atoms with Crippen LogP contribution in [0.5, 0.6) is 0 Å². The number of nitrogens with one attached hydrogen (secondary N) is 1. The summed E-state index contributed by atoms with van der Waals surface area (Å²) in [6, 6.07) is 0.323. The first kappa shape index (κ1) is 13.9. The third-order valence-corrected chi connectivity index (χ3v) is 5.74. The van der Waals surface area contributed by atoms with E-state index >= 15 is 0 Å². The number of aliphatic hydroxyl groups excluding tert-OH is 1. The number of aliphatic hydroxyl groups is 1. The molecule has 3 aliphatic rings. The highest BCUT2D eigenvalue weighted by molar-refractivity contribution is 5.74. The Hall–Kier alpha value is -1.03. The Kier molecular flexibility index (Phi) is 4.01. The smallest absolute Gasteiger partial charge is 0.317 e. The number of rotatable bonds is 5. The number of carbonyl (C=O) groups excluding carboxylic acids is 1. The van der Waals surface area contributed by atoms with Gasteiger partial charge in [-0.15, -0.1) is 6.58 Å². The van der Waals surface area contributed by atoms with Crippen molar-refractivity contribution < 1.29 is 9.90 Å².